The number of ketones is 1. The molecule has 0 aliphatic heterocycles. The number of aromatic nitrogens is 2. The first-order chi connectivity index (χ1) is 12.8. The number of carbonyl (C=O) groups excluding carboxylic acids is 2. The number of anilines is 1. The number of carbonyl (C=O) groups is 2. The van der Waals surface area contributed by atoms with Crippen molar-refractivity contribution in [2.75, 3.05) is 12.3 Å². The third-order valence-electron chi connectivity index (χ3n) is 3.70. The molecule has 0 aliphatic carbocycles. The predicted molar refractivity (Wildman–Crippen MR) is 103 cm³/mol. The molecule has 0 aliphatic rings. The van der Waals surface area contributed by atoms with Crippen LogP contribution in [0.25, 0.3) is 0 Å². The molecule has 2 aromatic rings. The molecule has 1 heterocycles. The molecule has 0 radical (unpaired) electrons. The third-order valence-corrected chi connectivity index (χ3v) is 4.79. The van der Waals surface area contributed by atoms with Crippen molar-refractivity contribution in [2.24, 2.45) is 0 Å². The number of Topliss-reactive ketones (excluding diaryl/α,β-unsaturated/α-hetero) is 1. The van der Waals surface area contributed by atoms with E-state index in [2.05, 4.69) is 4.98 Å². The van der Waals surface area contributed by atoms with Crippen molar-refractivity contribution < 1.29 is 14.3 Å². The van der Waals surface area contributed by atoms with Crippen LogP contribution < -0.4 is 17.0 Å². The summed E-state index contributed by atoms with van der Waals surface area (Å²) in [5, 5.41) is -0.537. The van der Waals surface area contributed by atoms with Crippen molar-refractivity contribution in [3.8, 4) is 0 Å². The van der Waals surface area contributed by atoms with Crippen LogP contribution >= 0.6 is 11.8 Å². The summed E-state index contributed by atoms with van der Waals surface area (Å²) in [4.78, 5) is 51.1. The molecule has 1 aromatic heterocycles. The fraction of sp³-hybridized carbons (Fsp3) is 0.333. The first kappa shape index (κ1) is 20.5. The number of aromatic amines is 1. The van der Waals surface area contributed by atoms with Crippen LogP contribution in [0, 0.1) is 0 Å². The SMILES string of the molecule is CCCn1c(N)c(C(=O)COC(=O)[C@@H](C)Sc2ccccc2)c(=O)[nH]c1=O. The van der Waals surface area contributed by atoms with Crippen LogP contribution in [0.2, 0.25) is 0 Å². The number of nitrogen functional groups attached to an aromatic ring is 1. The predicted octanol–water partition coefficient (Wildman–Crippen LogP) is 1.44. The number of benzene rings is 1. The molecule has 0 unspecified atom stereocenters. The normalized spacial score (nSPS) is 11.8. The van der Waals surface area contributed by atoms with Gasteiger partial charge in [0.2, 0.25) is 5.78 Å². The quantitative estimate of drug-likeness (QED) is 0.396. The molecular weight excluding hydrogens is 370 g/mol. The summed E-state index contributed by atoms with van der Waals surface area (Å²) in [7, 11) is 0. The minimum atomic E-state index is -0.891. The van der Waals surface area contributed by atoms with Gasteiger partial charge in [-0.25, -0.2) is 4.79 Å². The number of ether oxygens (including phenoxy) is 1. The lowest BCUT2D eigenvalue weighted by molar-refractivity contribution is -0.141. The molecule has 0 bridgehead atoms. The molecule has 0 saturated heterocycles. The van der Waals surface area contributed by atoms with E-state index in [0.29, 0.717) is 6.42 Å². The highest BCUT2D eigenvalue weighted by Crippen LogP contribution is 2.23. The van der Waals surface area contributed by atoms with E-state index in [0.717, 1.165) is 9.46 Å². The van der Waals surface area contributed by atoms with E-state index in [1.165, 1.54) is 11.8 Å². The van der Waals surface area contributed by atoms with E-state index < -0.39 is 34.9 Å². The zero-order valence-electron chi connectivity index (χ0n) is 15.1. The molecule has 0 fully saturated rings. The van der Waals surface area contributed by atoms with E-state index >= 15 is 0 Å². The van der Waals surface area contributed by atoms with Gasteiger partial charge in [-0.2, -0.15) is 0 Å². The van der Waals surface area contributed by atoms with Gasteiger partial charge in [0, 0.05) is 11.4 Å². The Bertz CT molecular complexity index is 936. The van der Waals surface area contributed by atoms with Gasteiger partial charge in [0.1, 0.15) is 16.6 Å². The van der Waals surface area contributed by atoms with Crippen LogP contribution in [-0.4, -0.2) is 33.2 Å². The Labute approximate surface area is 159 Å². The second kappa shape index (κ2) is 9.22. The highest BCUT2D eigenvalue weighted by atomic mass is 32.2. The Morgan fingerprint density at radius 2 is 1.93 bits per heavy atom. The lowest BCUT2D eigenvalue weighted by Crippen LogP contribution is -2.37. The summed E-state index contributed by atoms with van der Waals surface area (Å²) in [6.07, 6.45) is 0.590. The smallest absolute Gasteiger partial charge is 0.329 e. The maximum atomic E-state index is 12.3. The molecule has 3 N–H and O–H groups in total. The third kappa shape index (κ3) is 5.10. The summed E-state index contributed by atoms with van der Waals surface area (Å²) in [6.45, 7) is 3.11. The lowest BCUT2D eigenvalue weighted by Gasteiger charge is -2.13. The standard InChI is InChI=1S/C18H21N3O5S/c1-3-9-21-15(19)14(16(23)20-18(21)25)13(22)10-26-17(24)11(2)27-12-7-5-4-6-8-12/h4-8,11H,3,9-10,19H2,1-2H3,(H,20,23,25)/t11-/m1/s1. The zero-order valence-corrected chi connectivity index (χ0v) is 15.9. The molecule has 144 valence electrons. The van der Waals surface area contributed by atoms with Gasteiger partial charge in [0.05, 0.1) is 0 Å². The van der Waals surface area contributed by atoms with Crippen LogP contribution in [-0.2, 0) is 16.1 Å². The van der Waals surface area contributed by atoms with Crippen molar-refractivity contribution in [2.45, 2.75) is 37.0 Å². The van der Waals surface area contributed by atoms with E-state index in [9.17, 15) is 19.2 Å². The molecule has 0 spiro atoms. The zero-order chi connectivity index (χ0) is 20.0. The Balaban J connectivity index is 2.07. The maximum Gasteiger partial charge on any atom is 0.329 e. The number of H-pyrrole nitrogens is 1. The van der Waals surface area contributed by atoms with Crippen LogP contribution in [0.15, 0.2) is 44.8 Å². The van der Waals surface area contributed by atoms with Gasteiger partial charge in [-0.1, -0.05) is 25.1 Å². The highest BCUT2D eigenvalue weighted by molar-refractivity contribution is 8.00. The van der Waals surface area contributed by atoms with Gasteiger partial charge in [-0.3, -0.25) is 23.9 Å². The number of nitrogens with zero attached hydrogens (tertiary/aromatic N) is 1. The number of thioether (sulfide) groups is 1. The Morgan fingerprint density at radius 3 is 2.56 bits per heavy atom. The molecule has 0 saturated carbocycles. The van der Waals surface area contributed by atoms with E-state index in [4.69, 9.17) is 10.5 Å². The Kier molecular flexibility index (Phi) is 7.00. The van der Waals surface area contributed by atoms with Crippen molar-refractivity contribution in [1.29, 1.82) is 0 Å². The fourth-order valence-electron chi connectivity index (χ4n) is 2.38. The van der Waals surface area contributed by atoms with Crippen LogP contribution in [0.3, 0.4) is 0 Å². The monoisotopic (exact) mass is 391 g/mol. The average Bonchev–Trinajstić information content (AvgIpc) is 2.63. The van der Waals surface area contributed by atoms with Crippen molar-refractivity contribution in [3.63, 3.8) is 0 Å². The molecule has 2 rings (SSSR count). The Morgan fingerprint density at radius 1 is 1.26 bits per heavy atom. The number of esters is 1. The van der Waals surface area contributed by atoms with Crippen LogP contribution in [0.5, 0.6) is 0 Å². The molecule has 1 atom stereocenters. The molecule has 8 nitrogen and oxygen atoms in total. The van der Waals surface area contributed by atoms with Crippen LogP contribution in [0.1, 0.15) is 30.6 Å². The molecular formula is C18H21N3O5S. The number of nitrogens with two attached hydrogens (primary N) is 1. The van der Waals surface area contributed by atoms with Crippen molar-refractivity contribution >= 4 is 29.3 Å². The molecule has 27 heavy (non-hydrogen) atoms. The minimum Gasteiger partial charge on any atom is -0.456 e. The number of hydrogen-bond donors (Lipinski definition) is 2. The van der Waals surface area contributed by atoms with Gasteiger partial charge < -0.3 is 10.5 Å². The largest absolute Gasteiger partial charge is 0.456 e. The second-order valence-electron chi connectivity index (χ2n) is 5.78. The van der Waals surface area contributed by atoms with Gasteiger partial charge >= 0.3 is 11.7 Å². The first-order valence-electron chi connectivity index (χ1n) is 8.39. The summed E-state index contributed by atoms with van der Waals surface area (Å²) < 4.78 is 6.14. The van der Waals surface area contributed by atoms with E-state index in [-0.39, 0.29) is 17.9 Å². The topological polar surface area (TPSA) is 124 Å². The second-order valence-corrected chi connectivity index (χ2v) is 7.19. The molecule has 1 aromatic carbocycles. The Hall–Kier alpha value is -2.81. The van der Waals surface area contributed by atoms with E-state index in [1.807, 2.05) is 37.3 Å². The number of hydrogen-bond acceptors (Lipinski definition) is 7. The molecule has 0 amide bonds. The van der Waals surface area contributed by atoms with Crippen LogP contribution in [0.4, 0.5) is 5.82 Å². The van der Waals surface area contributed by atoms with Gasteiger partial charge in [-0.05, 0) is 25.5 Å². The highest BCUT2D eigenvalue weighted by Gasteiger charge is 2.22. The van der Waals surface area contributed by atoms with Gasteiger partial charge in [-0.15, -0.1) is 11.8 Å². The minimum absolute atomic E-state index is 0.224. The summed E-state index contributed by atoms with van der Waals surface area (Å²) in [5.74, 6) is -1.57. The van der Waals surface area contributed by atoms with Crippen molar-refractivity contribution in [3.05, 3.63) is 56.7 Å². The number of nitrogens with one attached hydrogen (secondary N) is 1. The average molecular weight is 391 g/mol. The van der Waals surface area contributed by atoms with E-state index in [1.54, 1.807) is 6.92 Å². The maximum absolute atomic E-state index is 12.3. The van der Waals surface area contributed by atoms with Gasteiger partial charge in [0.15, 0.2) is 6.61 Å². The lowest BCUT2D eigenvalue weighted by atomic mass is 10.2. The summed E-state index contributed by atoms with van der Waals surface area (Å²) in [5.41, 5.74) is 3.87. The van der Waals surface area contributed by atoms with Gasteiger partial charge in [0.25, 0.3) is 5.56 Å². The molecule has 9 heteroatoms. The number of rotatable bonds is 8. The summed E-state index contributed by atoms with van der Waals surface area (Å²) >= 11 is 1.29. The fourth-order valence-corrected chi connectivity index (χ4v) is 3.27. The first-order valence-corrected chi connectivity index (χ1v) is 9.27. The summed E-state index contributed by atoms with van der Waals surface area (Å²) in [6, 6.07) is 9.29. The van der Waals surface area contributed by atoms with Crippen molar-refractivity contribution in [1.82, 2.24) is 9.55 Å².